The van der Waals surface area contributed by atoms with Crippen LogP contribution >= 0.6 is 11.6 Å². The minimum atomic E-state index is -0.0986. The number of nitriles is 1. The van der Waals surface area contributed by atoms with Crippen molar-refractivity contribution in [1.82, 2.24) is 9.80 Å². The Bertz CT molecular complexity index is 1150. The molecule has 1 atom stereocenters. The number of hydrogen-bond donors (Lipinski definition) is 0. The van der Waals surface area contributed by atoms with Gasteiger partial charge in [0.1, 0.15) is 0 Å². The van der Waals surface area contributed by atoms with Crippen LogP contribution < -0.4 is 0 Å². The van der Waals surface area contributed by atoms with E-state index in [1.54, 1.807) is 24.3 Å². The largest absolute Gasteiger partial charge is 0.368 e. The normalized spacial score (nSPS) is 15.0. The summed E-state index contributed by atoms with van der Waals surface area (Å²) in [7, 11) is 0. The minimum absolute atomic E-state index is 0.00842. The summed E-state index contributed by atoms with van der Waals surface area (Å²) >= 11 is 6.11. The molecule has 0 bridgehead atoms. The number of aryl methyl sites for hydroxylation is 1. The van der Waals surface area contributed by atoms with E-state index >= 15 is 0 Å². The number of nitrogens with zero attached hydrogens (tertiary/aromatic N) is 3. The lowest BCUT2D eigenvalue weighted by atomic mass is 10.1. The summed E-state index contributed by atoms with van der Waals surface area (Å²) < 4.78 is 6.39. The number of benzene rings is 3. The van der Waals surface area contributed by atoms with Crippen LogP contribution in [0.3, 0.4) is 0 Å². The molecule has 0 unspecified atom stereocenters. The summed E-state index contributed by atoms with van der Waals surface area (Å²) in [5, 5.41) is 9.66. The Kier molecular flexibility index (Phi) is 7.97. The standard InChI is InChI=1S/C28H28ClN3O2/c1-21-3-2-4-23(17-21)20-34-27(24-9-11-26(29)12-10-24)19-31-13-15-32(16-14-31)28(33)25-7-5-22(18-30)6-8-25/h2-12,17,27H,13-16,19-20H2,1H3/t27-/m1/s1. The number of amides is 1. The van der Waals surface area contributed by atoms with Gasteiger partial charge in [0.05, 0.1) is 24.3 Å². The maximum absolute atomic E-state index is 12.9. The third kappa shape index (κ3) is 6.24. The van der Waals surface area contributed by atoms with Gasteiger partial charge in [0.25, 0.3) is 5.91 Å². The van der Waals surface area contributed by atoms with Crippen molar-refractivity contribution in [1.29, 1.82) is 5.26 Å². The van der Waals surface area contributed by atoms with Crippen molar-refractivity contribution >= 4 is 17.5 Å². The second kappa shape index (κ2) is 11.3. The molecule has 6 heteroatoms. The van der Waals surface area contributed by atoms with E-state index in [2.05, 4.69) is 42.2 Å². The van der Waals surface area contributed by atoms with Crippen LogP contribution in [0.2, 0.25) is 5.02 Å². The zero-order valence-corrected chi connectivity index (χ0v) is 20.0. The van der Waals surface area contributed by atoms with Crippen LogP contribution in [0.5, 0.6) is 0 Å². The lowest BCUT2D eigenvalue weighted by molar-refractivity contribution is 0.00341. The minimum Gasteiger partial charge on any atom is -0.368 e. The number of piperazine rings is 1. The number of rotatable bonds is 7. The molecule has 0 aliphatic carbocycles. The fourth-order valence-electron chi connectivity index (χ4n) is 4.17. The van der Waals surface area contributed by atoms with E-state index in [1.165, 1.54) is 5.56 Å². The fourth-order valence-corrected chi connectivity index (χ4v) is 4.29. The average molecular weight is 474 g/mol. The molecule has 0 radical (unpaired) electrons. The molecule has 34 heavy (non-hydrogen) atoms. The maximum atomic E-state index is 12.9. The zero-order chi connectivity index (χ0) is 23.9. The van der Waals surface area contributed by atoms with E-state index in [0.29, 0.717) is 35.8 Å². The SMILES string of the molecule is Cc1cccc(CO[C@H](CN2CCN(C(=O)c3ccc(C#N)cc3)CC2)c2ccc(Cl)cc2)c1. The monoisotopic (exact) mass is 473 g/mol. The molecule has 0 N–H and O–H groups in total. The highest BCUT2D eigenvalue weighted by Gasteiger charge is 2.25. The van der Waals surface area contributed by atoms with Gasteiger partial charge in [0.2, 0.25) is 0 Å². The van der Waals surface area contributed by atoms with Gasteiger partial charge >= 0.3 is 0 Å². The highest BCUT2D eigenvalue weighted by atomic mass is 35.5. The molecule has 3 aromatic carbocycles. The Balaban J connectivity index is 1.38. The Morgan fingerprint density at radius 3 is 2.38 bits per heavy atom. The molecule has 1 heterocycles. The van der Waals surface area contributed by atoms with Crippen molar-refractivity contribution in [2.75, 3.05) is 32.7 Å². The van der Waals surface area contributed by atoms with Crippen LogP contribution in [-0.4, -0.2) is 48.4 Å². The van der Waals surface area contributed by atoms with Crippen molar-refractivity contribution in [2.24, 2.45) is 0 Å². The van der Waals surface area contributed by atoms with Crippen molar-refractivity contribution in [3.8, 4) is 6.07 Å². The van der Waals surface area contributed by atoms with E-state index in [4.69, 9.17) is 21.6 Å². The molecule has 1 amide bonds. The second-order valence-electron chi connectivity index (χ2n) is 8.62. The summed E-state index contributed by atoms with van der Waals surface area (Å²) in [4.78, 5) is 17.1. The molecule has 0 aromatic heterocycles. The van der Waals surface area contributed by atoms with Gasteiger partial charge in [-0.05, 0) is 54.4 Å². The maximum Gasteiger partial charge on any atom is 0.253 e. The number of hydrogen-bond acceptors (Lipinski definition) is 4. The third-order valence-corrected chi connectivity index (χ3v) is 6.37. The van der Waals surface area contributed by atoms with Crippen LogP contribution in [0.1, 0.15) is 38.7 Å². The molecule has 1 aliphatic heterocycles. The van der Waals surface area contributed by atoms with Crippen LogP contribution in [0.15, 0.2) is 72.8 Å². The zero-order valence-electron chi connectivity index (χ0n) is 19.3. The van der Waals surface area contributed by atoms with Gasteiger partial charge in [-0.15, -0.1) is 0 Å². The number of carbonyl (C=O) groups excluding carboxylic acids is 1. The lowest BCUT2D eigenvalue weighted by Gasteiger charge is -2.36. The first-order valence-electron chi connectivity index (χ1n) is 11.5. The molecular weight excluding hydrogens is 446 g/mol. The van der Waals surface area contributed by atoms with E-state index in [0.717, 1.165) is 30.8 Å². The van der Waals surface area contributed by atoms with Gasteiger partial charge in [-0.1, -0.05) is 53.6 Å². The molecule has 1 saturated heterocycles. The molecule has 3 aromatic rings. The first-order chi connectivity index (χ1) is 16.5. The van der Waals surface area contributed by atoms with Gasteiger partial charge in [0.15, 0.2) is 0 Å². The number of ether oxygens (including phenoxy) is 1. The summed E-state index contributed by atoms with van der Waals surface area (Å²) in [6.07, 6.45) is -0.0986. The van der Waals surface area contributed by atoms with Crippen LogP contribution in [0.25, 0.3) is 0 Å². The summed E-state index contributed by atoms with van der Waals surface area (Å²) in [6, 6.07) is 25.1. The van der Waals surface area contributed by atoms with Gasteiger partial charge in [-0.3, -0.25) is 9.69 Å². The van der Waals surface area contributed by atoms with Crippen LogP contribution in [0.4, 0.5) is 0 Å². The Morgan fingerprint density at radius 1 is 1.03 bits per heavy atom. The lowest BCUT2D eigenvalue weighted by Crippen LogP contribution is -2.49. The Hall–Kier alpha value is -3.17. The Labute approximate surface area is 206 Å². The fraction of sp³-hybridized carbons (Fsp3) is 0.286. The molecule has 4 rings (SSSR count). The van der Waals surface area contributed by atoms with Crippen molar-refractivity contribution in [2.45, 2.75) is 19.6 Å². The molecule has 1 fully saturated rings. The van der Waals surface area contributed by atoms with Crippen LogP contribution in [-0.2, 0) is 11.3 Å². The first-order valence-corrected chi connectivity index (χ1v) is 11.8. The van der Waals surface area contributed by atoms with Crippen molar-refractivity contribution in [3.05, 3.63) is 106 Å². The van der Waals surface area contributed by atoms with E-state index in [9.17, 15) is 4.79 Å². The molecule has 1 aliphatic rings. The quantitative estimate of drug-likeness (QED) is 0.471. The van der Waals surface area contributed by atoms with E-state index < -0.39 is 0 Å². The smallest absolute Gasteiger partial charge is 0.253 e. The predicted molar refractivity (Wildman–Crippen MR) is 134 cm³/mol. The number of carbonyl (C=O) groups is 1. The summed E-state index contributed by atoms with van der Waals surface area (Å²) in [5.74, 6) is 0.00842. The highest BCUT2D eigenvalue weighted by Crippen LogP contribution is 2.24. The topological polar surface area (TPSA) is 56.6 Å². The van der Waals surface area contributed by atoms with Gasteiger partial charge in [-0.25, -0.2) is 0 Å². The van der Waals surface area contributed by atoms with Gasteiger partial charge < -0.3 is 9.64 Å². The average Bonchev–Trinajstić information content (AvgIpc) is 2.87. The van der Waals surface area contributed by atoms with E-state index in [1.807, 2.05) is 29.2 Å². The number of halogens is 1. The van der Waals surface area contributed by atoms with Crippen LogP contribution in [0, 0.1) is 18.3 Å². The predicted octanol–water partition coefficient (Wildman–Crippen LogP) is 5.24. The molecule has 5 nitrogen and oxygen atoms in total. The molecule has 174 valence electrons. The van der Waals surface area contributed by atoms with E-state index in [-0.39, 0.29) is 12.0 Å². The van der Waals surface area contributed by atoms with Crippen molar-refractivity contribution in [3.63, 3.8) is 0 Å². The van der Waals surface area contributed by atoms with Crippen molar-refractivity contribution < 1.29 is 9.53 Å². The molecule has 0 spiro atoms. The molecule has 0 saturated carbocycles. The summed E-state index contributed by atoms with van der Waals surface area (Å²) in [6.45, 7) is 6.23. The van der Waals surface area contributed by atoms with Gasteiger partial charge in [0, 0.05) is 43.3 Å². The summed E-state index contributed by atoms with van der Waals surface area (Å²) in [5.41, 5.74) is 4.63. The Morgan fingerprint density at radius 2 is 1.74 bits per heavy atom. The molecular formula is C28H28ClN3O2. The third-order valence-electron chi connectivity index (χ3n) is 6.12. The second-order valence-corrected chi connectivity index (χ2v) is 9.06. The first kappa shape index (κ1) is 24.0. The van der Waals surface area contributed by atoms with Gasteiger partial charge in [-0.2, -0.15) is 5.26 Å². The highest BCUT2D eigenvalue weighted by molar-refractivity contribution is 6.30.